The Hall–Kier alpha value is -2.10. The molecule has 0 aliphatic heterocycles. The highest BCUT2D eigenvalue weighted by molar-refractivity contribution is 6.31. The number of nitrogens with zero attached hydrogens (tertiary/aromatic N) is 2. The molecule has 0 spiro atoms. The maximum absolute atomic E-state index is 6.39. The Bertz CT molecular complexity index is 750. The second-order valence-corrected chi connectivity index (χ2v) is 5.37. The zero-order valence-corrected chi connectivity index (χ0v) is 12.5. The van der Waals surface area contributed by atoms with E-state index in [1.165, 1.54) is 0 Å². The van der Waals surface area contributed by atoms with Crippen molar-refractivity contribution in [3.63, 3.8) is 0 Å². The van der Waals surface area contributed by atoms with Crippen molar-refractivity contribution in [3.05, 3.63) is 82.9 Å². The number of benzene rings is 2. The predicted molar refractivity (Wildman–Crippen MR) is 85.8 cm³/mol. The van der Waals surface area contributed by atoms with Gasteiger partial charge in [0.25, 0.3) is 0 Å². The first-order chi connectivity index (χ1) is 10.2. The molecule has 3 aromatic rings. The van der Waals surface area contributed by atoms with Crippen molar-refractivity contribution in [1.29, 1.82) is 0 Å². The quantitative estimate of drug-likeness (QED) is 0.797. The summed E-state index contributed by atoms with van der Waals surface area (Å²) < 4.78 is 2.00. The molecular formula is C17H16ClN3. The molecule has 2 aromatic carbocycles. The molecule has 1 heterocycles. The Kier molecular flexibility index (Phi) is 3.78. The molecule has 106 valence electrons. The van der Waals surface area contributed by atoms with Crippen molar-refractivity contribution in [2.24, 2.45) is 5.73 Å². The summed E-state index contributed by atoms with van der Waals surface area (Å²) in [5, 5.41) is 0.737. The van der Waals surface area contributed by atoms with Crippen LogP contribution >= 0.6 is 11.6 Å². The summed E-state index contributed by atoms with van der Waals surface area (Å²) in [6.07, 6.45) is 3.58. The van der Waals surface area contributed by atoms with Crippen LogP contribution in [0.25, 0.3) is 5.69 Å². The van der Waals surface area contributed by atoms with Gasteiger partial charge in [-0.1, -0.05) is 48.0 Å². The van der Waals surface area contributed by atoms with Crippen molar-refractivity contribution < 1.29 is 0 Å². The molecule has 3 nitrogen and oxygen atoms in total. The summed E-state index contributed by atoms with van der Waals surface area (Å²) in [7, 11) is 0. The lowest BCUT2D eigenvalue weighted by atomic mass is 10.0. The molecule has 1 atom stereocenters. The average Bonchev–Trinajstić information content (AvgIpc) is 2.99. The molecule has 2 N–H and O–H groups in total. The van der Waals surface area contributed by atoms with Crippen molar-refractivity contribution in [1.82, 2.24) is 9.55 Å². The minimum atomic E-state index is -0.230. The summed E-state index contributed by atoms with van der Waals surface area (Å²) in [4.78, 5) is 4.26. The van der Waals surface area contributed by atoms with E-state index in [-0.39, 0.29) is 6.04 Å². The molecular weight excluding hydrogens is 282 g/mol. The summed E-state index contributed by atoms with van der Waals surface area (Å²) in [6.45, 7) is 2.00. The van der Waals surface area contributed by atoms with Crippen LogP contribution in [0.15, 0.2) is 61.1 Å². The fraction of sp³-hybridized carbons (Fsp3) is 0.118. The van der Waals surface area contributed by atoms with E-state index >= 15 is 0 Å². The van der Waals surface area contributed by atoms with Crippen molar-refractivity contribution in [2.45, 2.75) is 13.0 Å². The second-order valence-electron chi connectivity index (χ2n) is 4.96. The SMILES string of the molecule is Cc1c(Cl)cccc1-n1cncc1C(N)c1ccccc1. The van der Waals surface area contributed by atoms with Gasteiger partial charge < -0.3 is 10.3 Å². The van der Waals surface area contributed by atoms with E-state index in [0.717, 1.165) is 27.5 Å². The molecule has 1 aromatic heterocycles. The number of hydrogen-bond acceptors (Lipinski definition) is 2. The third kappa shape index (κ3) is 2.58. The number of imidazole rings is 1. The fourth-order valence-corrected chi connectivity index (χ4v) is 2.59. The fourth-order valence-electron chi connectivity index (χ4n) is 2.42. The van der Waals surface area contributed by atoms with E-state index in [9.17, 15) is 0 Å². The molecule has 0 amide bonds. The monoisotopic (exact) mass is 297 g/mol. The summed E-state index contributed by atoms with van der Waals surface area (Å²) >= 11 is 6.21. The van der Waals surface area contributed by atoms with Crippen LogP contribution in [0.1, 0.15) is 22.9 Å². The van der Waals surface area contributed by atoms with E-state index < -0.39 is 0 Å². The van der Waals surface area contributed by atoms with E-state index in [0.29, 0.717) is 0 Å². The third-order valence-corrected chi connectivity index (χ3v) is 4.05. The molecule has 3 rings (SSSR count). The second kappa shape index (κ2) is 5.72. The van der Waals surface area contributed by atoms with Crippen molar-refractivity contribution in [2.75, 3.05) is 0 Å². The molecule has 0 fully saturated rings. The van der Waals surface area contributed by atoms with E-state index in [2.05, 4.69) is 4.98 Å². The standard InChI is InChI=1S/C17H16ClN3/c1-12-14(18)8-5-9-15(12)21-11-20-10-16(21)17(19)13-6-3-2-4-7-13/h2-11,17H,19H2,1H3. The molecule has 1 unspecified atom stereocenters. The number of hydrogen-bond donors (Lipinski definition) is 1. The molecule has 0 aliphatic carbocycles. The van der Waals surface area contributed by atoms with E-state index in [4.69, 9.17) is 17.3 Å². The number of aromatic nitrogens is 2. The average molecular weight is 298 g/mol. The maximum Gasteiger partial charge on any atom is 0.0994 e. The van der Waals surface area contributed by atoms with Gasteiger partial charge in [-0.3, -0.25) is 0 Å². The van der Waals surface area contributed by atoms with Gasteiger partial charge in [0, 0.05) is 5.02 Å². The molecule has 0 saturated heterocycles. The Morgan fingerprint density at radius 3 is 2.62 bits per heavy atom. The first-order valence-electron chi connectivity index (χ1n) is 6.76. The zero-order valence-electron chi connectivity index (χ0n) is 11.7. The van der Waals surface area contributed by atoms with E-state index in [1.54, 1.807) is 12.5 Å². The van der Waals surface area contributed by atoms with Crippen molar-refractivity contribution >= 4 is 11.6 Å². The van der Waals surface area contributed by atoms with Crippen LogP contribution in [-0.2, 0) is 0 Å². The first-order valence-corrected chi connectivity index (χ1v) is 7.14. The lowest BCUT2D eigenvalue weighted by molar-refractivity contribution is 0.791. The van der Waals surface area contributed by atoms with Gasteiger partial charge >= 0.3 is 0 Å². The van der Waals surface area contributed by atoms with Crippen molar-refractivity contribution in [3.8, 4) is 5.69 Å². The topological polar surface area (TPSA) is 43.8 Å². The first kappa shape index (κ1) is 13.9. The van der Waals surface area contributed by atoms with Crippen LogP contribution in [0.2, 0.25) is 5.02 Å². The van der Waals surface area contributed by atoms with Crippen LogP contribution in [-0.4, -0.2) is 9.55 Å². The Labute approximate surface area is 129 Å². The smallest absolute Gasteiger partial charge is 0.0994 e. The van der Waals surface area contributed by atoms with Gasteiger partial charge in [0.05, 0.1) is 29.9 Å². The highest BCUT2D eigenvalue weighted by Crippen LogP contribution is 2.26. The lowest BCUT2D eigenvalue weighted by Crippen LogP contribution is -2.16. The maximum atomic E-state index is 6.39. The molecule has 0 aliphatic rings. The van der Waals surface area contributed by atoms with Crippen LogP contribution in [0.4, 0.5) is 0 Å². The van der Waals surface area contributed by atoms with Gasteiger partial charge in [-0.05, 0) is 30.2 Å². The van der Waals surface area contributed by atoms with Crippen LogP contribution in [0.3, 0.4) is 0 Å². The molecule has 21 heavy (non-hydrogen) atoms. The van der Waals surface area contributed by atoms with Crippen LogP contribution < -0.4 is 5.73 Å². The lowest BCUT2D eigenvalue weighted by Gasteiger charge is -2.17. The molecule has 0 radical (unpaired) electrons. The third-order valence-electron chi connectivity index (χ3n) is 3.64. The largest absolute Gasteiger partial charge is 0.319 e. The van der Waals surface area contributed by atoms with Crippen LogP contribution in [0.5, 0.6) is 0 Å². The number of halogens is 1. The molecule has 4 heteroatoms. The van der Waals surface area contributed by atoms with Gasteiger partial charge in [-0.25, -0.2) is 4.98 Å². The Morgan fingerprint density at radius 2 is 1.86 bits per heavy atom. The Balaban J connectivity index is 2.08. The summed E-state index contributed by atoms with van der Waals surface area (Å²) in [5.74, 6) is 0. The molecule has 0 bridgehead atoms. The van der Waals surface area contributed by atoms with Gasteiger partial charge in [0.1, 0.15) is 0 Å². The molecule has 0 saturated carbocycles. The van der Waals surface area contributed by atoms with Gasteiger partial charge in [0.15, 0.2) is 0 Å². The van der Waals surface area contributed by atoms with E-state index in [1.807, 2.05) is 60.0 Å². The predicted octanol–water partition coefficient (Wildman–Crippen LogP) is 3.88. The minimum Gasteiger partial charge on any atom is -0.319 e. The van der Waals surface area contributed by atoms with Crippen LogP contribution in [0, 0.1) is 6.92 Å². The normalized spacial score (nSPS) is 12.3. The van der Waals surface area contributed by atoms with Gasteiger partial charge in [0.2, 0.25) is 0 Å². The highest BCUT2D eigenvalue weighted by atomic mass is 35.5. The van der Waals surface area contributed by atoms with Gasteiger partial charge in [-0.15, -0.1) is 0 Å². The number of rotatable bonds is 3. The number of nitrogens with two attached hydrogens (primary N) is 1. The zero-order chi connectivity index (χ0) is 14.8. The summed E-state index contributed by atoms with van der Waals surface area (Å²) in [5.41, 5.74) is 10.4. The Morgan fingerprint density at radius 1 is 1.10 bits per heavy atom. The minimum absolute atomic E-state index is 0.230. The van der Waals surface area contributed by atoms with Gasteiger partial charge in [-0.2, -0.15) is 0 Å². The summed E-state index contributed by atoms with van der Waals surface area (Å²) in [6, 6.07) is 15.6. The highest BCUT2D eigenvalue weighted by Gasteiger charge is 2.16.